The molecule has 3 nitrogen and oxygen atoms in total. The Hall–Kier alpha value is -0.000000000000000139. The summed E-state index contributed by atoms with van der Waals surface area (Å²) in [6.45, 7) is 0. The lowest BCUT2D eigenvalue weighted by atomic mass is 9.96. The minimum atomic E-state index is -3.58. The molecule has 2 rings (SSSR count). The molecule has 106 valence electrons. The molecule has 0 heterocycles. The predicted molar refractivity (Wildman–Crippen MR) is 78.7 cm³/mol. The quantitative estimate of drug-likeness (QED) is 0.849. The summed E-state index contributed by atoms with van der Waals surface area (Å²) in [6.07, 6.45) is 3.15. The minimum Gasteiger partial charge on any atom is -0.208 e. The minimum absolute atomic E-state index is 0.0715. The van der Waals surface area contributed by atoms with Crippen LogP contribution in [0.3, 0.4) is 0 Å². The summed E-state index contributed by atoms with van der Waals surface area (Å²) < 4.78 is 27.1. The molecule has 0 aromatic heterocycles. The van der Waals surface area contributed by atoms with Crippen LogP contribution >= 0.6 is 34.8 Å². The average Bonchev–Trinajstić information content (AvgIpc) is 2.31. The van der Waals surface area contributed by atoms with Gasteiger partial charge in [0.15, 0.2) is 0 Å². The highest BCUT2D eigenvalue weighted by Crippen LogP contribution is 2.26. The number of sulfonamides is 1. The first-order valence-corrected chi connectivity index (χ1v) is 8.67. The Morgan fingerprint density at radius 2 is 1.53 bits per heavy atom. The summed E-state index contributed by atoms with van der Waals surface area (Å²) in [5.74, 6) is 0. The first-order valence-electron chi connectivity index (χ1n) is 5.99. The third-order valence-corrected chi connectivity index (χ3v) is 5.50. The van der Waals surface area contributed by atoms with Crippen molar-refractivity contribution in [1.29, 1.82) is 0 Å². The molecule has 1 aromatic rings. The molecule has 0 saturated heterocycles. The maximum Gasteiger partial charge on any atom is 0.240 e. The van der Waals surface area contributed by atoms with Crippen molar-refractivity contribution in [2.24, 2.45) is 0 Å². The zero-order valence-corrected chi connectivity index (χ0v) is 13.2. The van der Waals surface area contributed by atoms with Crippen molar-refractivity contribution >= 4 is 44.8 Å². The summed E-state index contributed by atoms with van der Waals surface area (Å²) >= 11 is 17.6. The van der Waals surface area contributed by atoms with Crippen LogP contribution in [0.25, 0.3) is 0 Å². The van der Waals surface area contributed by atoms with E-state index in [-0.39, 0.29) is 16.3 Å². The normalized spacial score (nSPS) is 24.4. The second-order valence-electron chi connectivity index (χ2n) is 4.68. The summed E-state index contributed by atoms with van der Waals surface area (Å²) in [5, 5.41) is 0.760. The fourth-order valence-electron chi connectivity index (χ4n) is 2.14. The van der Waals surface area contributed by atoms with Crippen LogP contribution in [0.4, 0.5) is 0 Å². The molecule has 1 aliphatic rings. The molecular weight excluding hydrogens is 329 g/mol. The topological polar surface area (TPSA) is 46.2 Å². The highest BCUT2D eigenvalue weighted by atomic mass is 35.5. The first-order chi connectivity index (χ1) is 8.87. The molecule has 1 aromatic carbocycles. The number of alkyl halides is 1. The van der Waals surface area contributed by atoms with E-state index in [2.05, 4.69) is 4.72 Å². The monoisotopic (exact) mass is 341 g/mol. The van der Waals surface area contributed by atoms with Gasteiger partial charge in [0, 0.05) is 21.5 Å². The standard InChI is InChI=1S/C12H14Cl3NO2S/c13-8-1-3-11(4-2-8)16-19(17,18)12-6-9(14)5-10(15)7-12/h5-8,11,16H,1-4H2. The van der Waals surface area contributed by atoms with Crippen LogP contribution in [0.15, 0.2) is 23.1 Å². The largest absolute Gasteiger partial charge is 0.240 e. The van der Waals surface area contributed by atoms with Gasteiger partial charge in [-0.2, -0.15) is 0 Å². The Labute approximate surface area is 128 Å². The van der Waals surface area contributed by atoms with Crippen molar-refractivity contribution < 1.29 is 8.42 Å². The lowest BCUT2D eigenvalue weighted by Crippen LogP contribution is -2.37. The van der Waals surface area contributed by atoms with Crippen LogP contribution in [0.5, 0.6) is 0 Å². The Morgan fingerprint density at radius 3 is 2.05 bits per heavy atom. The van der Waals surface area contributed by atoms with Gasteiger partial charge in [0.1, 0.15) is 0 Å². The van der Waals surface area contributed by atoms with E-state index in [9.17, 15) is 8.42 Å². The van der Waals surface area contributed by atoms with Gasteiger partial charge < -0.3 is 0 Å². The molecule has 0 radical (unpaired) electrons. The van der Waals surface area contributed by atoms with Crippen LogP contribution in [-0.4, -0.2) is 19.8 Å². The van der Waals surface area contributed by atoms with Gasteiger partial charge in [-0.15, -0.1) is 11.6 Å². The van der Waals surface area contributed by atoms with Crippen molar-refractivity contribution in [3.8, 4) is 0 Å². The van der Waals surface area contributed by atoms with Crippen molar-refractivity contribution in [3.63, 3.8) is 0 Å². The Morgan fingerprint density at radius 1 is 1.00 bits per heavy atom. The number of halogens is 3. The van der Waals surface area contributed by atoms with E-state index in [1.54, 1.807) is 0 Å². The summed E-state index contributed by atoms with van der Waals surface area (Å²) in [7, 11) is -3.58. The molecule has 1 saturated carbocycles. The second-order valence-corrected chi connectivity index (χ2v) is 7.88. The zero-order valence-electron chi connectivity index (χ0n) is 10.1. The lowest BCUT2D eigenvalue weighted by molar-refractivity contribution is 0.416. The van der Waals surface area contributed by atoms with Crippen LogP contribution in [0, 0.1) is 0 Å². The van der Waals surface area contributed by atoms with Gasteiger partial charge in [0.05, 0.1) is 4.90 Å². The SMILES string of the molecule is O=S(=O)(NC1CCC(Cl)CC1)c1cc(Cl)cc(Cl)c1. The molecule has 0 aliphatic heterocycles. The molecule has 1 fully saturated rings. The number of nitrogens with one attached hydrogen (secondary N) is 1. The maximum absolute atomic E-state index is 12.2. The molecule has 0 atom stereocenters. The summed E-state index contributed by atoms with van der Waals surface area (Å²) in [4.78, 5) is 0.0954. The van der Waals surface area contributed by atoms with Gasteiger partial charge in [-0.3, -0.25) is 0 Å². The van der Waals surface area contributed by atoms with E-state index < -0.39 is 10.0 Å². The van der Waals surface area contributed by atoms with Gasteiger partial charge in [-0.05, 0) is 43.9 Å². The molecule has 0 unspecified atom stereocenters. The molecule has 1 aliphatic carbocycles. The highest BCUT2D eigenvalue weighted by molar-refractivity contribution is 7.89. The van der Waals surface area contributed by atoms with E-state index in [0.717, 1.165) is 25.7 Å². The van der Waals surface area contributed by atoms with Gasteiger partial charge >= 0.3 is 0 Å². The van der Waals surface area contributed by atoms with Gasteiger partial charge in [-0.25, -0.2) is 13.1 Å². The zero-order chi connectivity index (χ0) is 14.0. The van der Waals surface area contributed by atoms with E-state index in [1.807, 2.05) is 0 Å². The van der Waals surface area contributed by atoms with E-state index in [4.69, 9.17) is 34.8 Å². The van der Waals surface area contributed by atoms with Crippen LogP contribution < -0.4 is 4.72 Å². The smallest absolute Gasteiger partial charge is 0.208 e. The lowest BCUT2D eigenvalue weighted by Gasteiger charge is -2.25. The number of rotatable bonds is 3. The molecule has 0 bridgehead atoms. The Balaban J connectivity index is 2.14. The van der Waals surface area contributed by atoms with Crippen molar-refractivity contribution in [1.82, 2.24) is 4.72 Å². The van der Waals surface area contributed by atoms with E-state index in [0.29, 0.717) is 10.0 Å². The maximum atomic E-state index is 12.2. The second kappa shape index (κ2) is 6.19. The van der Waals surface area contributed by atoms with Gasteiger partial charge in [0.2, 0.25) is 10.0 Å². The van der Waals surface area contributed by atoms with Crippen molar-refractivity contribution in [2.45, 2.75) is 42.0 Å². The molecule has 0 spiro atoms. The molecule has 19 heavy (non-hydrogen) atoms. The third kappa shape index (κ3) is 4.23. The van der Waals surface area contributed by atoms with Crippen LogP contribution in [0.2, 0.25) is 10.0 Å². The van der Waals surface area contributed by atoms with Crippen molar-refractivity contribution in [3.05, 3.63) is 28.2 Å². The Bertz CT molecular complexity index is 534. The van der Waals surface area contributed by atoms with Gasteiger partial charge in [-0.1, -0.05) is 23.2 Å². The summed E-state index contributed by atoms with van der Waals surface area (Å²) in [6, 6.07) is 4.21. The van der Waals surface area contributed by atoms with Gasteiger partial charge in [0.25, 0.3) is 0 Å². The number of hydrogen-bond donors (Lipinski definition) is 1. The Kier molecular flexibility index (Phi) is 5.01. The van der Waals surface area contributed by atoms with E-state index in [1.165, 1.54) is 18.2 Å². The van der Waals surface area contributed by atoms with Crippen LogP contribution in [-0.2, 0) is 10.0 Å². The first kappa shape index (κ1) is 15.4. The van der Waals surface area contributed by atoms with Crippen molar-refractivity contribution in [2.75, 3.05) is 0 Å². The number of hydrogen-bond acceptors (Lipinski definition) is 2. The molecule has 1 N–H and O–H groups in total. The average molecular weight is 343 g/mol. The fourth-order valence-corrected chi connectivity index (χ4v) is 4.42. The molecule has 7 heteroatoms. The summed E-state index contributed by atoms with van der Waals surface area (Å²) in [5.41, 5.74) is 0. The van der Waals surface area contributed by atoms with Crippen LogP contribution in [0.1, 0.15) is 25.7 Å². The molecular formula is C12H14Cl3NO2S. The third-order valence-electron chi connectivity index (χ3n) is 3.12. The highest BCUT2D eigenvalue weighted by Gasteiger charge is 2.25. The predicted octanol–water partition coefficient (Wildman–Crippen LogP) is 3.82. The molecule has 0 amide bonds. The fraction of sp³-hybridized carbons (Fsp3) is 0.500. The van der Waals surface area contributed by atoms with E-state index >= 15 is 0 Å². The number of benzene rings is 1.